The van der Waals surface area contributed by atoms with Gasteiger partial charge >= 0.3 is 11.8 Å². The molecule has 5 aromatic rings. The van der Waals surface area contributed by atoms with Crippen molar-refractivity contribution in [1.82, 2.24) is 4.40 Å². The minimum Gasteiger partial charge on any atom is -0.422 e. The Labute approximate surface area is 156 Å². The van der Waals surface area contributed by atoms with Gasteiger partial charge in [0.05, 0.1) is 22.2 Å². The fourth-order valence-electron chi connectivity index (χ4n) is 3.69. The van der Waals surface area contributed by atoms with Crippen LogP contribution in [0.5, 0.6) is 0 Å². The van der Waals surface area contributed by atoms with Gasteiger partial charge in [-0.1, -0.05) is 36.4 Å². The average Bonchev–Trinajstić information content (AvgIpc) is 3.03. The molecule has 0 saturated carbocycles. The molecule has 0 fully saturated rings. The lowest BCUT2D eigenvalue weighted by atomic mass is 10.0. The van der Waals surface area contributed by atoms with Crippen LogP contribution in [0, 0.1) is 0 Å². The summed E-state index contributed by atoms with van der Waals surface area (Å²) >= 11 is 0. The molecule has 0 saturated heterocycles. The molecule has 0 N–H and O–H groups in total. The van der Waals surface area contributed by atoms with Gasteiger partial charge in [-0.3, -0.25) is 0 Å². The zero-order valence-electron chi connectivity index (χ0n) is 14.3. The highest BCUT2D eigenvalue weighted by Gasteiger charge is 2.30. The van der Waals surface area contributed by atoms with E-state index in [1.54, 1.807) is 30.5 Å². The summed E-state index contributed by atoms with van der Waals surface area (Å²) in [6.07, 6.45) is -2.62. The van der Waals surface area contributed by atoms with E-state index in [-0.39, 0.29) is 0 Å². The Balaban J connectivity index is 1.96. The van der Waals surface area contributed by atoms with Crippen LogP contribution in [0.15, 0.2) is 82.1 Å². The summed E-state index contributed by atoms with van der Waals surface area (Å²) < 4.78 is 46.2. The predicted molar refractivity (Wildman–Crippen MR) is 101 cm³/mol. The first kappa shape index (κ1) is 16.6. The molecule has 6 heteroatoms. The summed E-state index contributed by atoms with van der Waals surface area (Å²) in [5, 5.41) is 1.81. The lowest BCUT2D eigenvalue weighted by Crippen LogP contribution is -2.04. The number of rotatable bonds is 1. The molecule has 0 amide bonds. The van der Waals surface area contributed by atoms with Crippen LogP contribution in [-0.2, 0) is 6.18 Å². The number of pyridine rings is 1. The maximum absolute atomic E-state index is 13.0. The Hall–Kier alpha value is -3.54. The third-order valence-electron chi connectivity index (χ3n) is 4.89. The van der Waals surface area contributed by atoms with Gasteiger partial charge in [-0.25, -0.2) is 4.79 Å². The van der Waals surface area contributed by atoms with Crippen molar-refractivity contribution < 1.29 is 17.6 Å². The Morgan fingerprint density at radius 1 is 0.821 bits per heavy atom. The Kier molecular flexibility index (Phi) is 3.40. The Morgan fingerprint density at radius 2 is 1.54 bits per heavy atom. The second kappa shape index (κ2) is 5.73. The molecule has 0 aliphatic heterocycles. The van der Waals surface area contributed by atoms with Crippen LogP contribution >= 0.6 is 0 Å². The van der Waals surface area contributed by atoms with E-state index in [0.29, 0.717) is 33.1 Å². The van der Waals surface area contributed by atoms with E-state index in [0.717, 1.165) is 17.5 Å². The van der Waals surface area contributed by atoms with Crippen molar-refractivity contribution in [1.29, 1.82) is 0 Å². The molecular weight excluding hydrogens is 367 g/mol. The lowest BCUT2D eigenvalue weighted by molar-refractivity contribution is -0.137. The largest absolute Gasteiger partial charge is 0.422 e. The summed E-state index contributed by atoms with van der Waals surface area (Å²) in [7, 11) is 0. The van der Waals surface area contributed by atoms with Crippen LogP contribution in [0.4, 0.5) is 13.2 Å². The summed E-state index contributed by atoms with van der Waals surface area (Å²) in [5.74, 6) is 0. The van der Waals surface area contributed by atoms with Gasteiger partial charge in [0.25, 0.3) is 0 Å². The van der Waals surface area contributed by atoms with Crippen molar-refractivity contribution in [3.8, 4) is 11.3 Å². The average molecular weight is 379 g/mol. The molecule has 3 nitrogen and oxygen atoms in total. The van der Waals surface area contributed by atoms with Crippen molar-refractivity contribution in [2.75, 3.05) is 0 Å². The predicted octanol–water partition coefficient (Wildman–Crippen LogP) is 5.88. The monoisotopic (exact) mass is 379 g/mol. The highest BCUT2D eigenvalue weighted by molar-refractivity contribution is 6.17. The molecular formula is C22H12F3NO2. The van der Waals surface area contributed by atoms with Crippen LogP contribution < -0.4 is 5.63 Å². The number of halogens is 3. The third-order valence-corrected chi connectivity index (χ3v) is 4.89. The van der Waals surface area contributed by atoms with Crippen LogP contribution in [0.3, 0.4) is 0 Å². The molecule has 138 valence electrons. The normalized spacial score (nSPS) is 12.2. The van der Waals surface area contributed by atoms with Gasteiger partial charge < -0.3 is 8.82 Å². The van der Waals surface area contributed by atoms with E-state index in [1.807, 2.05) is 22.6 Å². The molecule has 0 unspecified atom stereocenters. The zero-order valence-corrected chi connectivity index (χ0v) is 14.3. The molecule has 0 radical (unpaired) electrons. The third kappa shape index (κ3) is 2.34. The number of alkyl halides is 3. The van der Waals surface area contributed by atoms with Gasteiger partial charge in [-0.2, -0.15) is 13.2 Å². The van der Waals surface area contributed by atoms with Crippen molar-refractivity contribution in [3.63, 3.8) is 0 Å². The quantitative estimate of drug-likeness (QED) is 0.341. The number of benzene rings is 2. The second-order valence-electron chi connectivity index (χ2n) is 6.52. The molecule has 5 rings (SSSR count). The lowest BCUT2D eigenvalue weighted by Gasteiger charge is -2.09. The SMILES string of the molecule is O=c1oc2ccccc2c2c(-c3ccc(C(F)(F)F)cc3)n3ccccc3c12. The summed E-state index contributed by atoms with van der Waals surface area (Å²) in [5.41, 5.74) is 1.13. The summed E-state index contributed by atoms with van der Waals surface area (Å²) in [4.78, 5) is 12.7. The maximum atomic E-state index is 13.0. The van der Waals surface area contributed by atoms with E-state index in [1.165, 1.54) is 12.1 Å². The number of aromatic nitrogens is 1. The van der Waals surface area contributed by atoms with Crippen LogP contribution in [0.2, 0.25) is 0 Å². The standard InChI is InChI=1S/C22H12F3NO2/c23-22(24,25)14-10-8-13(9-11-14)20-18-15-5-1-2-7-17(15)28-21(27)19(18)16-6-3-4-12-26(16)20/h1-12H. The number of hydrogen-bond acceptors (Lipinski definition) is 2. The van der Waals surface area contributed by atoms with Gasteiger partial charge in [0.15, 0.2) is 0 Å². The molecule has 0 bridgehead atoms. The zero-order chi connectivity index (χ0) is 19.5. The molecule has 0 atom stereocenters. The van der Waals surface area contributed by atoms with Gasteiger partial charge in [0, 0.05) is 17.0 Å². The number of para-hydroxylation sites is 1. The topological polar surface area (TPSA) is 34.6 Å². The first-order valence-electron chi connectivity index (χ1n) is 8.57. The van der Waals surface area contributed by atoms with E-state index < -0.39 is 17.4 Å². The number of nitrogens with zero attached hydrogens (tertiary/aromatic N) is 1. The second-order valence-corrected chi connectivity index (χ2v) is 6.52. The minimum atomic E-state index is -4.41. The molecule has 0 aliphatic carbocycles. The molecule has 3 aromatic heterocycles. The highest BCUT2D eigenvalue weighted by atomic mass is 19.4. The van der Waals surface area contributed by atoms with Gasteiger partial charge in [-0.05, 0) is 35.9 Å². The van der Waals surface area contributed by atoms with E-state index in [2.05, 4.69) is 0 Å². The first-order valence-corrected chi connectivity index (χ1v) is 8.57. The van der Waals surface area contributed by atoms with Gasteiger partial charge in [0.2, 0.25) is 0 Å². The summed E-state index contributed by atoms with van der Waals surface area (Å²) in [6.45, 7) is 0. The molecule has 0 spiro atoms. The highest BCUT2D eigenvalue weighted by Crippen LogP contribution is 2.38. The van der Waals surface area contributed by atoms with Crippen molar-refractivity contribution in [2.45, 2.75) is 6.18 Å². The Morgan fingerprint density at radius 3 is 2.29 bits per heavy atom. The fraction of sp³-hybridized carbons (Fsp3) is 0.0455. The maximum Gasteiger partial charge on any atom is 0.416 e. The molecule has 2 aromatic carbocycles. The first-order chi connectivity index (χ1) is 13.4. The molecule has 3 heterocycles. The smallest absolute Gasteiger partial charge is 0.416 e. The Bertz CT molecular complexity index is 1410. The minimum absolute atomic E-state index is 0.411. The van der Waals surface area contributed by atoms with Crippen molar-refractivity contribution >= 4 is 27.3 Å². The van der Waals surface area contributed by atoms with Crippen LogP contribution in [0.25, 0.3) is 38.5 Å². The van der Waals surface area contributed by atoms with Gasteiger partial charge in [0.1, 0.15) is 5.58 Å². The van der Waals surface area contributed by atoms with Crippen LogP contribution in [-0.4, -0.2) is 4.40 Å². The summed E-state index contributed by atoms with van der Waals surface area (Å²) in [6, 6.07) is 17.5. The van der Waals surface area contributed by atoms with E-state index >= 15 is 0 Å². The van der Waals surface area contributed by atoms with Crippen molar-refractivity contribution in [3.05, 3.63) is 88.9 Å². The number of hydrogen-bond donors (Lipinski definition) is 0. The molecule has 28 heavy (non-hydrogen) atoms. The van der Waals surface area contributed by atoms with Crippen LogP contribution in [0.1, 0.15) is 5.56 Å². The van der Waals surface area contributed by atoms with E-state index in [4.69, 9.17) is 4.42 Å². The number of fused-ring (bicyclic) bond motifs is 5. The van der Waals surface area contributed by atoms with Gasteiger partial charge in [-0.15, -0.1) is 0 Å². The van der Waals surface area contributed by atoms with E-state index in [9.17, 15) is 18.0 Å². The molecule has 0 aliphatic rings. The fourth-order valence-corrected chi connectivity index (χ4v) is 3.69. The van der Waals surface area contributed by atoms with Crippen molar-refractivity contribution in [2.24, 2.45) is 0 Å².